The van der Waals surface area contributed by atoms with E-state index in [-0.39, 0.29) is 11.9 Å². The molecule has 2 rings (SSSR count). The summed E-state index contributed by atoms with van der Waals surface area (Å²) in [5.74, 6) is 0.134. The van der Waals surface area contributed by atoms with Gasteiger partial charge in [0.15, 0.2) is 5.78 Å². The number of Topliss-reactive ketones (excluding diaryl/α,β-unsaturated/α-hetero) is 1. The molecule has 1 fully saturated rings. The summed E-state index contributed by atoms with van der Waals surface area (Å²) in [4.78, 5) is 16.1. The van der Waals surface area contributed by atoms with Gasteiger partial charge < -0.3 is 15.4 Å². The highest BCUT2D eigenvalue weighted by atomic mass is 32.2. The molecule has 1 unspecified atom stereocenters. The Kier molecular flexibility index (Phi) is 5.35. The van der Waals surface area contributed by atoms with Crippen LogP contribution in [0.2, 0.25) is 0 Å². The second kappa shape index (κ2) is 6.83. The average molecular weight is 314 g/mol. The van der Waals surface area contributed by atoms with Crippen LogP contribution in [-0.2, 0) is 4.74 Å². The molecular weight excluding hydrogens is 292 g/mol. The Hall–Kier alpha value is -0.720. The quantitative estimate of drug-likeness (QED) is 0.668. The monoisotopic (exact) mass is 314 g/mol. The number of nitrogen functional groups attached to an aromatic ring is 1. The van der Waals surface area contributed by atoms with E-state index in [4.69, 9.17) is 10.5 Å². The minimum Gasteiger partial charge on any atom is -0.396 e. The number of carbonyl (C=O) groups excluding carboxylic acids is 1. The van der Waals surface area contributed by atoms with E-state index in [1.165, 1.54) is 11.3 Å². The lowest BCUT2D eigenvalue weighted by Crippen LogP contribution is -2.39. The summed E-state index contributed by atoms with van der Waals surface area (Å²) in [6.45, 7) is 3.76. The van der Waals surface area contributed by atoms with E-state index >= 15 is 0 Å². The molecule has 1 aromatic rings. The van der Waals surface area contributed by atoms with Crippen molar-refractivity contribution in [1.82, 2.24) is 0 Å². The van der Waals surface area contributed by atoms with Crippen molar-refractivity contribution in [3.8, 4) is 0 Å². The highest BCUT2D eigenvalue weighted by Gasteiger charge is 2.27. The molecular formula is C14H22N2O2S2. The van der Waals surface area contributed by atoms with Crippen molar-refractivity contribution in [3.05, 3.63) is 4.88 Å². The minimum absolute atomic E-state index is 0.134. The third-order valence-corrected chi connectivity index (χ3v) is 5.92. The molecule has 1 aliphatic rings. The first kappa shape index (κ1) is 15.7. The van der Waals surface area contributed by atoms with E-state index in [0.29, 0.717) is 17.0 Å². The smallest absolute Gasteiger partial charge is 0.174 e. The molecule has 1 aliphatic heterocycles. The van der Waals surface area contributed by atoms with E-state index in [1.807, 2.05) is 13.2 Å². The average Bonchev–Trinajstić information content (AvgIpc) is 2.83. The lowest BCUT2D eigenvalue weighted by atomic mass is 10.1. The van der Waals surface area contributed by atoms with Crippen LogP contribution in [0.25, 0.3) is 0 Å². The van der Waals surface area contributed by atoms with Crippen LogP contribution in [0.1, 0.15) is 35.9 Å². The minimum atomic E-state index is 0.134. The van der Waals surface area contributed by atoms with Crippen LogP contribution in [0.4, 0.5) is 10.7 Å². The molecule has 0 radical (unpaired) electrons. The third-order valence-electron chi connectivity index (χ3n) is 3.66. The summed E-state index contributed by atoms with van der Waals surface area (Å²) >= 11 is 3.16. The Bertz CT molecular complexity index is 488. The summed E-state index contributed by atoms with van der Waals surface area (Å²) in [7, 11) is 1.76. The number of anilines is 2. The number of hydrogen-bond donors (Lipinski definition) is 1. The fraction of sp³-hybridized carbons (Fsp3) is 0.643. The second-order valence-electron chi connectivity index (χ2n) is 4.91. The van der Waals surface area contributed by atoms with Gasteiger partial charge in [-0.15, -0.1) is 23.1 Å². The van der Waals surface area contributed by atoms with Gasteiger partial charge in [-0.1, -0.05) is 6.92 Å². The van der Waals surface area contributed by atoms with Crippen molar-refractivity contribution in [2.24, 2.45) is 0 Å². The van der Waals surface area contributed by atoms with Crippen LogP contribution in [0, 0.1) is 0 Å². The van der Waals surface area contributed by atoms with Gasteiger partial charge in [-0.05, 0) is 19.1 Å². The standard InChI is InChI=1S/C14H22N2O2S2/c1-4-10(17)12-11(15)13(19-3)14(20-12)16-7-5-6-9(8-16)18-2/h9H,4-8,15H2,1-3H3. The largest absolute Gasteiger partial charge is 0.396 e. The number of piperidine rings is 1. The highest BCUT2D eigenvalue weighted by molar-refractivity contribution is 7.99. The van der Waals surface area contributed by atoms with Crippen molar-refractivity contribution in [1.29, 1.82) is 0 Å². The summed E-state index contributed by atoms with van der Waals surface area (Å²) in [6, 6.07) is 0. The molecule has 1 saturated heterocycles. The Morgan fingerprint density at radius 2 is 2.35 bits per heavy atom. The second-order valence-corrected chi connectivity index (χ2v) is 6.72. The Morgan fingerprint density at radius 3 is 2.95 bits per heavy atom. The molecule has 0 saturated carbocycles. The third kappa shape index (κ3) is 2.97. The first-order valence-electron chi connectivity index (χ1n) is 6.89. The molecule has 0 amide bonds. The van der Waals surface area contributed by atoms with E-state index in [2.05, 4.69) is 4.90 Å². The Morgan fingerprint density at radius 1 is 1.60 bits per heavy atom. The molecule has 6 heteroatoms. The molecule has 4 nitrogen and oxygen atoms in total. The van der Waals surface area contributed by atoms with Crippen LogP contribution >= 0.6 is 23.1 Å². The van der Waals surface area contributed by atoms with Crippen molar-refractivity contribution >= 4 is 39.6 Å². The zero-order valence-electron chi connectivity index (χ0n) is 12.3. The zero-order valence-corrected chi connectivity index (χ0v) is 13.9. The summed E-state index contributed by atoms with van der Waals surface area (Å²) in [6.07, 6.45) is 5.00. The fourth-order valence-electron chi connectivity index (χ4n) is 2.50. The highest BCUT2D eigenvalue weighted by Crippen LogP contribution is 2.45. The van der Waals surface area contributed by atoms with Gasteiger partial charge in [-0.25, -0.2) is 0 Å². The van der Waals surface area contributed by atoms with Crippen LogP contribution in [0.15, 0.2) is 4.90 Å². The maximum absolute atomic E-state index is 12.0. The Labute approximate surface area is 128 Å². The van der Waals surface area contributed by atoms with E-state index in [9.17, 15) is 4.79 Å². The zero-order chi connectivity index (χ0) is 14.7. The first-order chi connectivity index (χ1) is 9.62. The van der Waals surface area contributed by atoms with Crippen LogP contribution in [0.3, 0.4) is 0 Å². The molecule has 0 spiro atoms. The molecule has 20 heavy (non-hydrogen) atoms. The molecule has 0 aromatic carbocycles. The molecule has 2 heterocycles. The number of ether oxygens (including phenoxy) is 1. The number of rotatable bonds is 5. The summed E-state index contributed by atoms with van der Waals surface area (Å²) < 4.78 is 5.48. The lowest BCUT2D eigenvalue weighted by Gasteiger charge is -2.33. The van der Waals surface area contributed by atoms with Gasteiger partial charge >= 0.3 is 0 Å². The number of carbonyl (C=O) groups is 1. The number of nitrogens with zero attached hydrogens (tertiary/aromatic N) is 1. The fourth-order valence-corrected chi connectivity index (χ4v) is 4.73. The Balaban J connectivity index is 2.33. The number of ketones is 1. The van der Waals surface area contributed by atoms with Crippen molar-refractivity contribution in [2.45, 2.75) is 37.2 Å². The van der Waals surface area contributed by atoms with Gasteiger partial charge in [0.2, 0.25) is 0 Å². The van der Waals surface area contributed by atoms with Gasteiger partial charge in [-0.3, -0.25) is 4.79 Å². The van der Waals surface area contributed by atoms with E-state index in [0.717, 1.165) is 35.8 Å². The molecule has 0 bridgehead atoms. The number of nitrogens with two attached hydrogens (primary N) is 1. The van der Waals surface area contributed by atoms with Gasteiger partial charge in [-0.2, -0.15) is 0 Å². The normalized spacial score (nSPS) is 19.4. The van der Waals surface area contributed by atoms with E-state index in [1.54, 1.807) is 18.9 Å². The van der Waals surface area contributed by atoms with Gasteiger partial charge in [0.05, 0.1) is 21.6 Å². The van der Waals surface area contributed by atoms with Crippen LogP contribution in [-0.4, -0.2) is 38.3 Å². The number of thioether (sulfide) groups is 1. The predicted molar refractivity (Wildman–Crippen MR) is 87.4 cm³/mol. The SMILES string of the molecule is CCC(=O)c1sc(N2CCCC(OC)C2)c(SC)c1N. The summed E-state index contributed by atoms with van der Waals surface area (Å²) in [5.41, 5.74) is 6.83. The van der Waals surface area contributed by atoms with Gasteiger partial charge in [0, 0.05) is 26.6 Å². The van der Waals surface area contributed by atoms with Crippen LogP contribution in [0.5, 0.6) is 0 Å². The lowest BCUT2D eigenvalue weighted by molar-refractivity contribution is 0.0894. The van der Waals surface area contributed by atoms with Gasteiger partial charge in [0.25, 0.3) is 0 Å². The number of methoxy groups -OCH3 is 1. The predicted octanol–water partition coefficient (Wildman–Crippen LogP) is 3.26. The number of hydrogen-bond acceptors (Lipinski definition) is 6. The molecule has 1 atom stereocenters. The van der Waals surface area contributed by atoms with Gasteiger partial charge in [0.1, 0.15) is 5.00 Å². The van der Waals surface area contributed by atoms with Crippen molar-refractivity contribution in [3.63, 3.8) is 0 Å². The first-order valence-corrected chi connectivity index (χ1v) is 8.93. The van der Waals surface area contributed by atoms with Crippen molar-refractivity contribution in [2.75, 3.05) is 37.1 Å². The van der Waals surface area contributed by atoms with E-state index < -0.39 is 0 Å². The van der Waals surface area contributed by atoms with Crippen molar-refractivity contribution < 1.29 is 9.53 Å². The van der Waals surface area contributed by atoms with Crippen LogP contribution < -0.4 is 10.6 Å². The molecule has 0 aliphatic carbocycles. The molecule has 2 N–H and O–H groups in total. The summed E-state index contributed by atoms with van der Waals surface area (Å²) in [5, 5.41) is 1.13. The number of thiophene rings is 1. The topological polar surface area (TPSA) is 55.6 Å². The molecule has 1 aromatic heterocycles. The maximum Gasteiger partial charge on any atom is 0.174 e. The molecule has 112 valence electrons. The maximum atomic E-state index is 12.0.